The van der Waals surface area contributed by atoms with E-state index in [0.29, 0.717) is 23.8 Å². The fourth-order valence-electron chi connectivity index (χ4n) is 3.11. The zero-order valence-electron chi connectivity index (χ0n) is 12.4. The van der Waals surface area contributed by atoms with E-state index >= 15 is 0 Å². The first-order valence-electron chi connectivity index (χ1n) is 7.47. The van der Waals surface area contributed by atoms with Gasteiger partial charge < -0.3 is 10.2 Å². The number of rotatable bonds is 4. The van der Waals surface area contributed by atoms with Crippen LogP contribution in [0, 0.1) is 5.82 Å². The van der Waals surface area contributed by atoms with Crippen molar-refractivity contribution in [3.8, 4) is 0 Å². The van der Waals surface area contributed by atoms with Crippen molar-refractivity contribution < 1.29 is 14.6 Å². The number of aliphatic hydroxyl groups is 2. The van der Waals surface area contributed by atoms with Crippen molar-refractivity contribution in [1.82, 2.24) is 9.88 Å². The molecular formula is C17H18ClFN2O2. The molecule has 122 valence electrons. The Morgan fingerprint density at radius 1 is 1.22 bits per heavy atom. The number of hydrogen-bond acceptors (Lipinski definition) is 4. The number of likely N-dealkylation sites (tertiary alicyclic amines) is 1. The van der Waals surface area contributed by atoms with Gasteiger partial charge in [0.25, 0.3) is 0 Å². The van der Waals surface area contributed by atoms with Gasteiger partial charge in [0.2, 0.25) is 0 Å². The maximum absolute atomic E-state index is 13.0. The molecule has 4 nitrogen and oxygen atoms in total. The molecule has 3 atom stereocenters. The lowest BCUT2D eigenvalue weighted by molar-refractivity contribution is 0.0636. The number of aliphatic hydroxyl groups excluding tert-OH is 2. The summed E-state index contributed by atoms with van der Waals surface area (Å²) < 4.78 is 13.0. The van der Waals surface area contributed by atoms with Crippen molar-refractivity contribution in [2.75, 3.05) is 13.2 Å². The Morgan fingerprint density at radius 2 is 1.96 bits per heavy atom. The standard InChI is InChI=1S/C17H18ClFN2O2/c18-12-3-1-11(2-4-12)15-9-21(16(10-22)17(15)23)8-14-6-5-13(19)7-20-14/h1-7,15-17,22-23H,8-10H2/t15-,16-,17-/m1/s1. The summed E-state index contributed by atoms with van der Waals surface area (Å²) in [6, 6.07) is 9.98. The van der Waals surface area contributed by atoms with Gasteiger partial charge in [0.05, 0.1) is 30.6 Å². The summed E-state index contributed by atoms with van der Waals surface area (Å²) in [5.41, 5.74) is 1.68. The fourth-order valence-corrected chi connectivity index (χ4v) is 3.23. The van der Waals surface area contributed by atoms with Crippen LogP contribution in [0.4, 0.5) is 4.39 Å². The zero-order valence-corrected chi connectivity index (χ0v) is 13.2. The van der Waals surface area contributed by atoms with Gasteiger partial charge in [0, 0.05) is 24.0 Å². The molecule has 0 saturated carbocycles. The lowest BCUT2D eigenvalue weighted by Gasteiger charge is -2.23. The minimum absolute atomic E-state index is 0.107. The summed E-state index contributed by atoms with van der Waals surface area (Å²) in [5.74, 6) is -0.488. The van der Waals surface area contributed by atoms with Gasteiger partial charge in [-0.3, -0.25) is 9.88 Å². The molecule has 0 aliphatic carbocycles. The quantitative estimate of drug-likeness (QED) is 0.898. The Bertz CT molecular complexity index is 651. The maximum Gasteiger partial charge on any atom is 0.141 e. The van der Waals surface area contributed by atoms with Crippen LogP contribution in [-0.2, 0) is 6.54 Å². The van der Waals surface area contributed by atoms with Gasteiger partial charge in [-0.25, -0.2) is 4.39 Å². The van der Waals surface area contributed by atoms with Crippen LogP contribution < -0.4 is 0 Å². The van der Waals surface area contributed by atoms with Crippen LogP contribution in [0.5, 0.6) is 0 Å². The molecule has 1 aromatic carbocycles. The number of halogens is 2. The fraction of sp³-hybridized carbons (Fsp3) is 0.353. The molecule has 1 aromatic heterocycles. The van der Waals surface area contributed by atoms with Crippen LogP contribution in [0.15, 0.2) is 42.6 Å². The van der Waals surface area contributed by atoms with Crippen molar-refractivity contribution in [3.05, 3.63) is 64.7 Å². The minimum Gasteiger partial charge on any atom is -0.395 e. The van der Waals surface area contributed by atoms with Crippen molar-refractivity contribution in [3.63, 3.8) is 0 Å². The Balaban J connectivity index is 1.78. The first kappa shape index (κ1) is 16.3. The summed E-state index contributed by atoms with van der Waals surface area (Å²) in [7, 11) is 0. The van der Waals surface area contributed by atoms with E-state index in [1.807, 2.05) is 17.0 Å². The second kappa shape index (κ2) is 6.93. The van der Waals surface area contributed by atoms with Gasteiger partial charge >= 0.3 is 0 Å². The van der Waals surface area contributed by atoms with E-state index in [1.165, 1.54) is 12.3 Å². The predicted molar refractivity (Wildman–Crippen MR) is 85.7 cm³/mol. The van der Waals surface area contributed by atoms with Gasteiger partial charge in [0.15, 0.2) is 0 Å². The first-order chi connectivity index (χ1) is 11.1. The van der Waals surface area contributed by atoms with Gasteiger partial charge in [-0.15, -0.1) is 0 Å². The second-order valence-corrected chi connectivity index (χ2v) is 6.23. The monoisotopic (exact) mass is 336 g/mol. The number of pyridine rings is 1. The van der Waals surface area contributed by atoms with E-state index in [1.54, 1.807) is 18.2 Å². The normalized spacial score (nSPS) is 25.0. The molecule has 0 spiro atoms. The zero-order chi connectivity index (χ0) is 16.4. The topological polar surface area (TPSA) is 56.6 Å². The van der Waals surface area contributed by atoms with Gasteiger partial charge in [0.1, 0.15) is 5.82 Å². The number of nitrogens with zero attached hydrogens (tertiary/aromatic N) is 2. The smallest absolute Gasteiger partial charge is 0.141 e. The van der Waals surface area contributed by atoms with Crippen molar-refractivity contribution in [1.29, 1.82) is 0 Å². The van der Waals surface area contributed by atoms with Gasteiger partial charge in [-0.05, 0) is 29.8 Å². The van der Waals surface area contributed by atoms with Crippen LogP contribution in [0.25, 0.3) is 0 Å². The molecule has 1 saturated heterocycles. The van der Waals surface area contributed by atoms with E-state index in [2.05, 4.69) is 4.98 Å². The molecule has 6 heteroatoms. The maximum atomic E-state index is 13.0. The summed E-state index contributed by atoms with van der Waals surface area (Å²) in [6.07, 6.45) is 0.494. The average molecular weight is 337 g/mol. The summed E-state index contributed by atoms with van der Waals surface area (Å²) in [6.45, 7) is 0.895. The Morgan fingerprint density at radius 3 is 2.57 bits per heavy atom. The third-order valence-electron chi connectivity index (χ3n) is 4.35. The van der Waals surface area contributed by atoms with E-state index in [0.717, 1.165) is 5.56 Å². The Kier molecular flexibility index (Phi) is 4.92. The molecule has 0 radical (unpaired) electrons. The van der Waals surface area contributed by atoms with E-state index in [4.69, 9.17) is 11.6 Å². The van der Waals surface area contributed by atoms with Crippen LogP contribution in [0.1, 0.15) is 17.2 Å². The second-order valence-electron chi connectivity index (χ2n) is 5.80. The van der Waals surface area contributed by atoms with Crippen LogP contribution in [0.3, 0.4) is 0 Å². The Labute approximate surface area is 139 Å². The van der Waals surface area contributed by atoms with Gasteiger partial charge in [-0.1, -0.05) is 23.7 Å². The van der Waals surface area contributed by atoms with Crippen LogP contribution in [0.2, 0.25) is 5.02 Å². The molecule has 1 fully saturated rings. The number of aromatic nitrogens is 1. The number of benzene rings is 1. The molecule has 3 rings (SSSR count). The largest absolute Gasteiger partial charge is 0.395 e. The minimum atomic E-state index is -0.679. The van der Waals surface area contributed by atoms with Crippen molar-refractivity contribution in [2.24, 2.45) is 0 Å². The molecule has 0 bridgehead atoms. The summed E-state index contributed by atoms with van der Waals surface area (Å²) in [5, 5.41) is 20.8. The van der Waals surface area contributed by atoms with Crippen molar-refractivity contribution >= 4 is 11.6 Å². The predicted octanol–water partition coefficient (Wildman–Crippen LogP) is 2.20. The van der Waals surface area contributed by atoms with Crippen LogP contribution >= 0.6 is 11.6 Å². The molecule has 2 aromatic rings. The highest BCUT2D eigenvalue weighted by molar-refractivity contribution is 6.30. The molecule has 2 N–H and O–H groups in total. The Hall–Kier alpha value is -1.53. The highest BCUT2D eigenvalue weighted by Gasteiger charge is 2.40. The van der Waals surface area contributed by atoms with E-state index in [-0.39, 0.29) is 24.4 Å². The molecule has 0 amide bonds. The van der Waals surface area contributed by atoms with Crippen LogP contribution in [-0.4, -0.2) is 45.4 Å². The third-order valence-corrected chi connectivity index (χ3v) is 4.60. The van der Waals surface area contributed by atoms with Crippen molar-refractivity contribution in [2.45, 2.75) is 24.6 Å². The molecule has 1 aliphatic heterocycles. The average Bonchev–Trinajstić information content (AvgIpc) is 2.86. The lowest BCUT2D eigenvalue weighted by atomic mass is 9.94. The molecule has 2 heterocycles. The van der Waals surface area contributed by atoms with E-state index < -0.39 is 6.10 Å². The third kappa shape index (κ3) is 3.53. The summed E-state index contributed by atoms with van der Waals surface area (Å²) in [4.78, 5) is 6.02. The molecule has 0 unspecified atom stereocenters. The highest BCUT2D eigenvalue weighted by Crippen LogP contribution is 2.33. The molecular weight excluding hydrogens is 319 g/mol. The first-order valence-corrected chi connectivity index (χ1v) is 7.85. The summed E-state index contributed by atoms with van der Waals surface area (Å²) >= 11 is 5.91. The molecule has 23 heavy (non-hydrogen) atoms. The number of hydrogen-bond donors (Lipinski definition) is 2. The highest BCUT2D eigenvalue weighted by atomic mass is 35.5. The lowest BCUT2D eigenvalue weighted by Crippen LogP contribution is -2.38. The SMILES string of the molecule is OC[C@@H]1[C@H](O)[C@@H](c2ccc(Cl)cc2)CN1Cc1ccc(F)cn1. The van der Waals surface area contributed by atoms with Gasteiger partial charge in [-0.2, -0.15) is 0 Å². The molecule has 1 aliphatic rings. The van der Waals surface area contributed by atoms with E-state index in [9.17, 15) is 14.6 Å².